The smallest absolute Gasteiger partial charge is 0.179 e. The third-order valence-corrected chi connectivity index (χ3v) is 4.28. The molecule has 20 heavy (non-hydrogen) atoms. The predicted octanol–water partition coefficient (Wildman–Crippen LogP) is 3.10. The summed E-state index contributed by atoms with van der Waals surface area (Å²) in [6.07, 6.45) is 2.56. The van der Waals surface area contributed by atoms with Crippen LogP contribution in [0.2, 0.25) is 5.02 Å². The largest absolute Gasteiger partial charge is 0.493 e. The fourth-order valence-corrected chi connectivity index (χ4v) is 3.15. The number of halogens is 1. The first kappa shape index (κ1) is 15.1. The molecule has 1 aromatic carbocycles. The van der Waals surface area contributed by atoms with Crippen molar-refractivity contribution in [2.45, 2.75) is 12.3 Å². The number of nitrogens with zero attached hydrogens (tertiary/aromatic N) is 1. The fourth-order valence-electron chi connectivity index (χ4n) is 2.08. The maximum Gasteiger partial charge on any atom is 0.179 e. The maximum atomic E-state index is 6.22. The van der Waals surface area contributed by atoms with Gasteiger partial charge in [-0.2, -0.15) is 0 Å². The molecular formula is C14H17ClN2O2S. The summed E-state index contributed by atoms with van der Waals surface area (Å²) in [6.45, 7) is 0.541. The van der Waals surface area contributed by atoms with Gasteiger partial charge in [-0.25, -0.2) is 4.98 Å². The molecular weight excluding hydrogens is 296 g/mol. The van der Waals surface area contributed by atoms with E-state index in [2.05, 4.69) is 4.98 Å². The fraction of sp³-hybridized carbons (Fsp3) is 0.357. The van der Waals surface area contributed by atoms with Gasteiger partial charge in [0, 0.05) is 24.0 Å². The molecule has 2 rings (SSSR count). The molecule has 1 atom stereocenters. The number of hydrogen-bond acceptors (Lipinski definition) is 5. The molecule has 0 aliphatic carbocycles. The number of aromatic nitrogens is 1. The summed E-state index contributed by atoms with van der Waals surface area (Å²) >= 11 is 7.83. The molecule has 1 heterocycles. The van der Waals surface area contributed by atoms with Crippen molar-refractivity contribution in [2.75, 3.05) is 20.8 Å². The van der Waals surface area contributed by atoms with Crippen molar-refractivity contribution in [1.29, 1.82) is 0 Å². The first-order valence-corrected chi connectivity index (χ1v) is 7.45. The Hall–Kier alpha value is -1.30. The normalized spacial score (nSPS) is 12.2. The molecule has 0 amide bonds. The highest BCUT2D eigenvalue weighted by Gasteiger charge is 2.16. The molecule has 0 saturated carbocycles. The Bertz CT molecular complexity index is 561. The third kappa shape index (κ3) is 3.23. The second kappa shape index (κ2) is 6.92. The SMILES string of the molecule is COc1cc(CC(CN)c2nccs2)cc(Cl)c1OC. The Balaban J connectivity index is 2.27. The van der Waals surface area contributed by atoms with E-state index in [4.69, 9.17) is 26.8 Å². The molecule has 2 N–H and O–H groups in total. The van der Waals surface area contributed by atoms with E-state index in [1.165, 1.54) is 0 Å². The molecule has 4 nitrogen and oxygen atoms in total. The van der Waals surface area contributed by atoms with Crippen molar-refractivity contribution in [3.05, 3.63) is 39.3 Å². The monoisotopic (exact) mass is 312 g/mol. The van der Waals surface area contributed by atoms with Crippen molar-refractivity contribution >= 4 is 22.9 Å². The summed E-state index contributed by atoms with van der Waals surface area (Å²) in [5.41, 5.74) is 6.91. The number of nitrogens with two attached hydrogens (primary N) is 1. The van der Waals surface area contributed by atoms with Gasteiger partial charge in [0.15, 0.2) is 11.5 Å². The van der Waals surface area contributed by atoms with E-state index >= 15 is 0 Å². The Morgan fingerprint density at radius 3 is 2.70 bits per heavy atom. The molecule has 6 heteroatoms. The number of hydrogen-bond donors (Lipinski definition) is 1. The number of rotatable bonds is 6. The highest BCUT2D eigenvalue weighted by molar-refractivity contribution is 7.09. The third-order valence-electron chi connectivity index (χ3n) is 3.06. The van der Waals surface area contributed by atoms with Crippen molar-refractivity contribution < 1.29 is 9.47 Å². The number of ether oxygens (including phenoxy) is 2. The van der Waals surface area contributed by atoms with Crippen molar-refractivity contribution in [3.8, 4) is 11.5 Å². The van der Waals surface area contributed by atoms with E-state index in [1.54, 1.807) is 31.8 Å². The second-order valence-corrected chi connectivity index (χ2v) is 5.65. The Kier molecular flexibility index (Phi) is 5.23. The van der Waals surface area contributed by atoms with E-state index in [9.17, 15) is 0 Å². The Morgan fingerprint density at radius 2 is 2.15 bits per heavy atom. The van der Waals surface area contributed by atoms with Crippen LogP contribution in [0, 0.1) is 0 Å². The van der Waals surface area contributed by atoms with Gasteiger partial charge in [-0.1, -0.05) is 11.6 Å². The van der Waals surface area contributed by atoms with Gasteiger partial charge >= 0.3 is 0 Å². The van der Waals surface area contributed by atoms with Crippen LogP contribution < -0.4 is 15.2 Å². The van der Waals surface area contributed by atoms with E-state index < -0.39 is 0 Å². The van der Waals surface area contributed by atoms with Gasteiger partial charge in [0.2, 0.25) is 0 Å². The molecule has 0 bridgehead atoms. The minimum atomic E-state index is 0.184. The molecule has 0 aliphatic rings. The molecule has 0 radical (unpaired) electrons. The van der Waals surface area contributed by atoms with Crippen LogP contribution in [0.4, 0.5) is 0 Å². The summed E-state index contributed by atoms with van der Waals surface area (Å²) in [6, 6.07) is 3.82. The van der Waals surface area contributed by atoms with Crippen LogP contribution >= 0.6 is 22.9 Å². The first-order chi connectivity index (χ1) is 9.69. The lowest BCUT2D eigenvalue weighted by Crippen LogP contribution is -2.15. The van der Waals surface area contributed by atoms with Gasteiger partial charge in [-0.3, -0.25) is 0 Å². The predicted molar refractivity (Wildman–Crippen MR) is 82.2 cm³/mol. The highest BCUT2D eigenvalue weighted by atomic mass is 35.5. The van der Waals surface area contributed by atoms with Crippen LogP contribution in [-0.2, 0) is 6.42 Å². The van der Waals surface area contributed by atoms with Crippen molar-refractivity contribution in [2.24, 2.45) is 5.73 Å². The Morgan fingerprint density at radius 1 is 1.35 bits per heavy atom. The van der Waals surface area contributed by atoms with Gasteiger partial charge < -0.3 is 15.2 Å². The van der Waals surface area contributed by atoms with Gasteiger partial charge in [-0.15, -0.1) is 11.3 Å². The summed E-state index contributed by atoms with van der Waals surface area (Å²) in [7, 11) is 3.17. The second-order valence-electron chi connectivity index (χ2n) is 4.32. The summed E-state index contributed by atoms with van der Waals surface area (Å²) in [5, 5.41) is 3.54. The van der Waals surface area contributed by atoms with Crippen LogP contribution in [0.15, 0.2) is 23.7 Å². The molecule has 0 saturated heterocycles. The maximum absolute atomic E-state index is 6.22. The molecule has 1 unspecified atom stereocenters. The average Bonchev–Trinajstić information content (AvgIpc) is 2.98. The van der Waals surface area contributed by atoms with Crippen LogP contribution in [0.5, 0.6) is 11.5 Å². The molecule has 108 valence electrons. The number of benzene rings is 1. The molecule has 0 aliphatic heterocycles. The van der Waals surface area contributed by atoms with E-state index in [0.717, 1.165) is 17.0 Å². The van der Waals surface area contributed by atoms with Crippen molar-refractivity contribution in [1.82, 2.24) is 4.98 Å². The summed E-state index contributed by atoms with van der Waals surface area (Å²) in [5.74, 6) is 1.37. The number of thiazole rings is 1. The zero-order chi connectivity index (χ0) is 14.5. The topological polar surface area (TPSA) is 57.4 Å². The van der Waals surface area contributed by atoms with E-state index in [0.29, 0.717) is 23.1 Å². The van der Waals surface area contributed by atoms with Gasteiger partial charge in [0.25, 0.3) is 0 Å². The zero-order valence-corrected chi connectivity index (χ0v) is 13.0. The van der Waals surface area contributed by atoms with Gasteiger partial charge in [-0.05, 0) is 24.1 Å². The van der Waals surface area contributed by atoms with E-state index in [1.807, 2.05) is 17.5 Å². The van der Waals surface area contributed by atoms with Gasteiger partial charge in [0.05, 0.1) is 24.2 Å². The summed E-state index contributed by atoms with van der Waals surface area (Å²) in [4.78, 5) is 4.33. The van der Waals surface area contributed by atoms with Crippen LogP contribution in [0.1, 0.15) is 16.5 Å². The highest BCUT2D eigenvalue weighted by Crippen LogP contribution is 2.37. The molecule has 1 aromatic heterocycles. The lowest BCUT2D eigenvalue weighted by Gasteiger charge is -2.15. The summed E-state index contributed by atoms with van der Waals surface area (Å²) < 4.78 is 10.5. The molecule has 0 fully saturated rings. The van der Waals surface area contributed by atoms with Crippen LogP contribution in [-0.4, -0.2) is 25.7 Å². The molecule has 0 spiro atoms. The standard InChI is InChI=1S/C14H17ClN2O2S/c1-18-12-7-9(6-11(15)13(12)19-2)5-10(8-16)14-17-3-4-20-14/h3-4,6-7,10H,5,8,16H2,1-2H3. The van der Waals surface area contributed by atoms with E-state index in [-0.39, 0.29) is 5.92 Å². The van der Waals surface area contributed by atoms with Crippen molar-refractivity contribution in [3.63, 3.8) is 0 Å². The average molecular weight is 313 g/mol. The van der Waals surface area contributed by atoms with Crippen LogP contribution in [0.25, 0.3) is 0 Å². The lowest BCUT2D eigenvalue weighted by atomic mass is 9.99. The number of methoxy groups -OCH3 is 2. The minimum absolute atomic E-state index is 0.184. The molecule has 2 aromatic rings. The lowest BCUT2D eigenvalue weighted by molar-refractivity contribution is 0.354. The van der Waals surface area contributed by atoms with Gasteiger partial charge in [0.1, 0.15) is 0 Å². The Labute approximate surface area is 127 Å². The van der Waals surface area contributed by atoms with Crippen LogP contribution in [0.3, 0.4) is 0 Å². The minimum Gasteiger partial charge on any atom is -0.493 e. The first-order valence-electron chi connectivity index (χ1n) is 6.19. The zero-order valence-electron chi connectivity index (χ0n) is 11.4. The quantitative estimate of drug-likeness (QED) is 0.890.